The van der Waals surface area contributed by atoms with Crippen LogP contribution < -0.4 is 5.73 Å². The van der Waals surface area contributed by atoms with Crippen LogP contribution in [0, 0.1) is 0 Å². The van der Waals surface area contributed by atoms with E-state index in [1.54, 1.807) is 13.0 Å². The van der Waals surface area contributed by atoms with Gasteiger partial charge in [0.15, 0.2) is 0 Å². The maximum atomic E-state index is 10.7. The highest BCUT2D eigenvalue weighted by atomic mass is 32.3. The van der Waals surface area contributed by atoms with Gasteiger partial charge in [-0.15, -0.1) is 4.28 Å². The van der Waals surface area contributed by atoms with Crippen molar-refractivity contribution in [2.24, 2.45) is 10.7 Å². The van der Waals surface area contributed by atoms with E-state index in [9.17, 15) is 8.42 Å². The van der Waals surface area contributed by atoms with Gasteiger partial charge in [0, 0.05) is 13.1 Å². The van der Waals surface area contributed by atoms with Crippen LogP contribution in [0.25, 0.3) is 0 Å². The van der Waals surface area contributed by atoms with E-state index >= 15 is 0 Å². The molecule has 2 rings (SSSR count). The molecule has 0 aliphatic carbocycles. The topological polar surface area (TPSA) is 118 Å². The number of morpholine rings is 1. The Kier molecular flexibility index (Phi) is 3.94. The molecule has 0 radical (unpaired) electrons. The van der Waals surface area contributed by atoms with Crippen molar-refractivity contribution >= 4 is 16.4 Å². The fourth-order valence-electron chi connectivity index (χ4n) is 1.87. The van der Waals surface area contributed by atoms with Gasteiger partial charge in [0.25, 0.3) is 0 Å². The molecule has 1 saturated heterocycles. The lowest BCUT2D eigenvalue weighted by Gasteiger charge is -2.34. The van der Waals surface area contributed by atoms with Crippen molar-refractivity contribution in [2.75, 3.05) is 26.3 Å². The first-order chi connectivity index (χ1) is 8.87. The average Bonchev–Trinajstić information content (AvgIpc) is 2.33. The minimum Gasteiger partial charge on any atom is -0.378 e. The Morgan fingerprint density at radius 3 is 2.68 bits per heavy atom. The van der Waals surface area contributed by atoms with E-state index < -0.39 is 16.4 Å². The molecule has 0 saturated carbocycles. The van der Waals surface area contributed by atoms with Gasteiger partial charge in [-0.3, -0.25) is 4.55 Å². The highest BCUT2D eigenvalue weighted by Crippen LogP contribution is 2.18. The highest BCUT2D eigenvalue weighted by molar-refractivity contribution is 7.80. The van der Waals surface area contributed by atoms with E-state index in [0.717, 1.165) is 5.06 Å². The normalized spacial score (nSPS) is 25.1. The maximum Gasteiger partial charge on any atom is 0.418 e. The molecule has 10 heteroatoms. The summed E-state index contributed by atoms with van der Waals surface area (Å²) < 4.78 is 39.7. The Balaban J connectivity index is 2.13. The number of aliphatic imine (C=N–C) groups is 1. The minimum atomic E-state index is -4.63. The summed E-state index contributed by atoms with van der Waals surface area (Å²) in [6.07, 6.45) is 1.70. The number of rotatable bonds is 3. The lowest BCUT2D eigenvalue weighted by molar-refractivity contribution is -0.0111. The molecule has 0 aromatic heterocycles. The fourth-order valence-corrected chi connectivity index (χ4v) is 2.29. The second kappa shape index (κ2) is 5.33. The predicted octanol–water partition coefficient (Wildman–Crippen LogP) is -1.09. The molecule has 0 bridgehead atoms. The molecule has 108 valence electrons. The van der Waals surface area contributed by atoms with Crippen molar-refractivity contribution < 1.29 is 22.0 Å². The molecule has 2 aliphatic rings. The molecule has 0 amide bonds. The Morgan fingerprint density at radius 1 is 1.53 bits per heavy atom. The van der Waals surface area contributed by atoms with E-state index in [1.807, 2.05) is 4.90 Å². The zero-order chi connectivity index (χ0) is 14.0. The lowest BCUT2D eigenvalue weighted by atomic mass is 10.2. The molecule has 0 spiro atoms. The van der Waals surface area contributed by atoms with Gasteiger partial charge in [0.1, 0.15) is 5.82 Å². The highest BCUT2D eigenvalue weighted by Gasteiger charge is 2.28. The molecule has 0 aromatic rings. The number of ether oxygens (including phenoxy) is 1. The summed E-state index contributed by atoms with van der Waals surface area (Å²) in [6, 6.07) is -0.475. The molecule has 19 heavy (non-hydrogen) atoms. The van der Waals surface area contributed by atoms with Gasteiger partial charge in [-0.25, -0.2) is 0 Å². The standard InChI is InChI=1S/C9H16N4O5S/c1-7-6-8(12-2-4-17-5-3-12)11-9(10)13(7)18-19(14,15)16/h6-7H,2-5H2,1H3,(H2,10,11)(H,14,15,16). The summed E-state index contributed by atoms with van der Waals surface area (Å²) in [5, 5.41) is 0.833. The zero-order valence-corrected chi connectivity index (χ0v) is 11.2. The van der Waals surface area contributed by atoms with Gasteiger partial charge in [-0.1, -0.05) is 0 Å². The molecule has 3 N–H and O–H groups in total. The van der Waals surface area contributed by atoms with Crippen molar-refractivity contribution in [2.45, 2.75) is 13.0 Å². The van der Waals surface area contributed by atoms with E-state index in [1.165, 1.54) is 0 Å². The summed E-state index contributed by atoms with van der Waals surface area (Å²) in [6.45, 7) is 4.26. The molecule has 1 unspecified atom stereocenters. The molecular formula is C9H16N4O5S. The molecule has 1 fully saturated rings. The van der Waals surface area contributed by atoms with Gasteiger partial charge in [-0.05, 0) is 13.0 Å². The molecule has 2 heterocycles. The van der Waals surface area contributed by atoms with E-state index in [4.69, 9.17) is 15.0 Å². The zero-order valence-electron chi connectivity index (χ0n) is 10.4. The van der Waals surface area contributed by atoms with Gasteiger partial charge >= 0.3 is 10.4 Å². The van der Waals surface area contributed by atoms with Crippen LogP contribution in [0.15, 0.2) is 16.9 Å². The quantitative estimate of drug-likeness (QED) is 0.630. The monoisotopic (exact) mass is 292 g/mol. The fraction of sp³-hybridized carbons (Fsp3) is 0.667. The Morgan fingerprint density at radius 2 is 2.16 bits per heavy atom. The van der Waals surface area contributed by atoms with Crippen LogP contribution in [0.4, 0.5) is 0 Å². The Labute approximate surface area is 111 Å². The number of guanidine groups is 1. The minimum absolute atomic E-state index is 0.130. The summed E-state index contributed by atoms with van der Waals surface area (Å²) in [5.74, 6) is 0.512. The Bertz CT molecular complexity index is 497. The summed E-state index contributed by atoms with van der Waals surface area (Å²) >= 11 is 0. The molecule has 9 nitrogen and oxygen atoms in total. The Hall–Kier alpha value is -1.36. The van der Waals surface area contributed by atoms with Crippen molar-refractivity contribution in [1.29, 1.82) is 0 Å². The second-order valence-electron chi connectivity index (χ2n) is 4.16. The van der Waals surface area contributed by atoms with Gasteiger partial charge in [0.05, 0.1) is 19.3 Å². The van der Waals surface area contributed by atoms with Crippen LogP contribution in [-0.2, 0) is 19.4 Å². The third-order valence-electron chi connectivity index (χ3n) is 2.72. The third kappa shape index (κ3) is 3.56. The van der Waals surface area contributed by atoms with E-state index in [0.29, 0.717) is 32.1 Å². The first-order valence-corrected chi connectivity index (χ1v) is 7.08. The van der Waals surface area contributed by atoms with Crippen molar-refractivity contribution in [3.05, 3.63) is 11.9 Å². The smallest absolute Gasteiger partial charge is 0.378 e. The van der Waals surface area contributed by atoms with Crippen LogP contribution in [-0.4, -0.2) is 61.2 Å². The summed E-state index contributed by atoms with van der Waals surface area (Å²) in [7, 11) is -4.63. The number of hydrogen-bond acceptors (Lipinski definition) is 8. The number of hydroxylamine groups is 2. The molecule has 0 aromatic carbocycles. The van der Waals surface area contributed by atoms with Crippen LogP contribution >= 0.6 is 0 Å². The van der Waals surface area contributed by atoms with Crippen LogP contribution in [0.5, 0.6) is 0 Å². The number of hydrogen-bond donors (Lipinski definition) is 2. The first-order valence-electron chi connectivity index (χ1n) is 5.72. The van der Waals surface area contributed by atoms with Crippen molar-refractivity contribution in [3.63, 3.8) is 0 Å². The average molecular weight is 292 g/mol. The molecule has 2 aliphatic heterocycles. The lowest BCUT2D eigenvalue weighted by Crippen LogP contribution is -2.47. The SMILES string of the molecule is CC1C=C(N2CCOCC2)N=C(N)N1OS(=O)(=O)O. The molecule has 1 atom stereocenters. The largest absolute Gasteiger partial charge is 0.418 e. The first kappa shape index (κ1) is 14.1. The van der Waals surface area contributed by atoms with E-state index in [2.05, 4.69) is 9.28 Å². The van der Waals surface area contributed by atoms with Crippen LogP contribution in [0.1, 0.15) is 6.92 Å². The molecular weight excluding hydrogens is 276 g/mol. The summed E-state index contributed by atoms with van der Waals surface area (Å²) in [5.41, 5.74) is 5.65. The van der Waals surface area contributed by atoms with Gasteiger partial charge in [-0.2, -0.15) is 18.5 Å². The second-order valence-corrected chi connectivity index (χ2v) is 5.17. The maximum absolute atomic E-state index is 10.7. The van der Waals surface area contributed by atoms with Crippen molar-refractivity contribution in [1.82, 2.24) is 9.96 Å². The summed E-state index contributed by atoms with van der Waals surface area (Å²) in [4.78, 5) is 6.06. The van der Waals surface area contributed by atoms with Crippen LogP contribution in [0.2, 0.25) is 0 Å². The van der Waals surface area contributed by atoms with Crippen LogP contribution in [0.3, 0.4) is 0 Å². The van der Waals surface area contributed by atoms with Gasteiger partial charge in [0.2, 0.25) is 5.96 Å². The third-order valence-corrected chi connectivity index (χ3v) is 3.07. The van der Waals surface area contributed by atoms with Gasteiger partial charge < -0.3 is 15.4 Å². The van der Waals surface area contributed by atoms with E-state index in [-0.39, 0.29) is 5.96 Å². The number of nitrogens with two attached hydrogens (primary N) is 1. The predicted molar refractivity (Wildman–Crippen MR) is 66.0 cm³/mol. The number of nitrogens with zero attached hydrogens (tertiary/aromatic N) is 3. The van der Waals surface area contributed by atoms with Crippen molar-refractivity contribution in [3.8, 4) is 0 Å².